The lowest BCUT2D eigenvalue weighted by Crippen LogP contribution is -2.23. The van der Waals surface area contributed by atoms with Gasteiger partial charge >= 0.3 is 0 Å². The standard InChI is InChI=1S/C22H21N3O2S2/c1-2-25-21(26)18-16-10-6-7-11-17(16)29-20(18)24-22(25)28-13-15-12-27-19(23-15)14-8-4-3-5-9-14/h3-5,8-9,12H,2,6-7,10-11,13H2,1H3. The van der Waals surface area contributed by atoms with Crippen molar-refractivity contribution >= 4 is 33.3 Å². The second kappa shape index (κ2) is 7.80. The molecule has 3 aromatic heterocycles. The zero-order valence-electron chi connectivity index (χ0n) is 16.2. The van der Waals surface area contributed by atoms with Gasteiger partial charge in [-0.1, -0.05) is 30.0 Å². The molecule has 0 aliphatic heterocycles. The van der Waals surface area contributed by atoms with Crippen LogP contribution in [0.25, 0.3) is 21.7 Å². The number of thioether (sulfide) groups is 1. The van der Waals surface area contributed by atoms with Crippen molar-refractivity contribution in [3.63, 3.8) is 0 Å². The Labute approximate surface area is 176 Å². The van der Waals surface area contributed by atoms with E-state index in [0.717, 1.165) is 45.9 Å². The van der Waals surface area contributed by atoms with Crippen LogP contribution in [-0.2, 0) is 25.1 Å². The maximum atomic E-state index is 13.2. The summed E-state index contributed by atoms with van der Waals surface area (Å²) in [6, 6.07) is 9.86. The smallest absolute Gasteiger partial charge is 0.263 e. The van der Waals surface area contributed by atoms with Crippen molar-refractivity contribution in [2.24, 2.45) is 0 Å². The topological polar surface area (TPSA) is 60.9 Å². The van der Waals surface area contributed by atoms with Crippen molar-refractivity contribution in [3.05, 3.63) is 63.1 Å². The van der Waals surface area contributed by atoms with E-state index in [4.69, 9.17) is 9.40 Å². The molecule has 1 aliphatic rings. The Morgan fingerprint density at radius 2 is 2.00 bits per heavy atom. The number of fused-ring (bicyclic) bond motifs is 3. The van der Waals surface area contributed by atoms with Gasteiger partial charge in [-0.15, -0.1) is 11.3 Å². The van der Waals surface area contributed by atoms with E-state index >= 15 is 0 Å². The summed E-state index contributed by atoms with van der Waals surface area (Å²) in [5, 5.41) is 1.61. The molecule has 0 bridgehead atoms. The van der Waals surface area contributed by atoms with E-state index in [1.807, 2.05) is 37.3 Å². The number of rotatable bonds is 5. The Bertz CT molecular complexity index is 1220. The number of oxazole rings is 1. The van der Waals surface area contributed by atoms with Gasteiger partial charge < -0.3 is 4.42 Å². The molecule has 0 amide bonds. The third kappa shape index (κ3) is 3.42. The molecule has 0 unspecified atom stereocenters. The van der Waals surface area contributed by atoms with Crippen molar-refractivity contribution in [3.8, 4) is 11.5 Å². The van der Waals surface area contributed by atoms with E-state index < -0.39 is 0 Å². The van der Waals surface area contributed by atoms with Gasteiger partial charge in [0.2, 0.25) is 5.89 Å². The largest absolute Gasteiger partial charge is 0.444 e. The van der Waals surface area contributed by atoms with Crippen LogP contribution in [0, 0.1) is 0 Å². The molecule has 3 heterocycles. The van der Waals surface area contributed by atoms with Gasteiger partial charge in [0.05, 0.1) is 11.1 Å². The van der Waals surface area contributed by atoms with Crippen molar-refractivity contribution in [2.45, 2.75) is 50.1 Å². The van der Waals surface area contributed by atoms with Crippen molar-refractivity contribution in [2.75, 3.05) is 0 Å². The number of aryl methyl sites for hydroxylation is 2. The Morgan fingerprint density at radius 1 is 1.17 bits per heavy atom. The minimum atomic E-state index is 0.101. The Kier molecular flexibility index (Phi) is 5.01. The van der Waals surface area contributed by atoms with E-state index in [1.54, 1.807) is 33.9 Å². The van der Waals surface area contributed by atoms with Crippen LogP contribution < -0.4 is 5.56 Å². The lowest BCUT2D eigenvalue weighted by molar-refractivity contribution is 0.573. The van der Waals surface area contributed by atoms with Gasteiger partial charge in [-0.2, -0.15) is 0 Å². The van der Waals surface area contributed by atoms with E-state index in [1.165, 1.54) is 16.9 Å². The predicted octanol–water partition coefficient (Wildman–Crippen LogP) is 5.30. The van der Waals surface area contributed by atoms with Crippen LogP contribution in [0.3, 0.4) is 0 Å². The molecule has 0 saturated heterocycles. The SMILES string of the molecule is CCn1c(SCc2coc(-c3ccccc3)n2)nc2sc3c(c2c1=O)CCCC3. The first-order valence-corrected chi connectivity index (χ1v) is 11.7. The molecule has 0 spiro atoms. The Hall–Kier alpha value is -2.38. The summed E-state index contributed by atoms with van der Waals surface area (Å²) in [6.07, 6.45) is 6.14. The number of hydrogen-bond acceptors (Lipinski definition) is 6. The highest BCUT2D eigenvalue weighted by Crippen LogP contribution is 2.35. The van der Waals surface area contributed by atoms with E-state index in [9.17, 15) is 4.79 Å². The zero-order valence-corrected chi connectivity index (χ0v) is 17.8. The second-order valence-corrected chi connectivity index (χ2v) is 9.16. The highest BCUT2D eigenvalue weighted by molar-refractivity contribution is 7.98. The van der Waals surface area contributed by atoms with Gasteiger partial charge in [-0.25, -0.2) is 9.97 Å². The molecular weight excluding hydrogens is 402 g/mol. The van der Waals surface area contributed by atoms with Crippen LogP contribution in [-0.4, -0.2) is 14.5 Å². The van der Waals surface area contributed by atoms with Gasteiger partial charge in [-0.05, 0) is 50.3 Å². The molecule has 4 aromatic rings. The molecule has 29 heavy (non-hydrogen) atoms. The summed E-state index contributed by atoms with van der Waals surface area (Å²) < 4.78 is 7.43. The predicted molar refractivity (Wildman–Crippen MR) is 118 cm³/mol. The van der Waals surface area contributed by atoms with Crippen molar-refractivity contribution in [1.82, 2.24) is 14.5 Å². The van der Waals surface area contributed by atoms with Crippen LogP contribution in [0.2, 0.25) is 0 Å². The third-order valence-electron chi connectivity index (χ3n) is 5.28. The lowest BCUT2D eigenvalue weighted by Gasteiger charge is -2.11. The minimum absolute atomic E-state index is 0.101. The van der Waals surface area contributed by atoms with Crippen LogP contribution >= 0.6 is 23.1 Å². The molecule has 7 heteroatoms. The average Bonchev–Trinajstić information content (AvgIpc) is 3.37. The molecule has 0 saturated carbocycles. The fraction of sp³-hybridized carbons (Fsp3) is 0.318. The van der Waals surface area contributed by atoms with Crippen LogP contribution in [0.15, 0.2) is 51.0 Å². The van der Waals surface area contributed by atoms with E-state index in [2.05, 4.69) is 4.98 Å². The second-order valence-electron chi connectivity index (χ2n) is 7.13. The highest BCUT2D eigenvalue weighted by Gasteiger charge is 2.22. The zero-order chi connectivity index (χ0) is 19.8. The maximum absolute atomic E-state index is 13.2. The third-order valence-corrected chi connectivity index (χ3v) is 7.47. The molecule has 0 radical (unpaired) electrons. The maximum Gasteiger partial charge on any atom is 0.263 e. The molecule has 1 aromatic carbocycles. The van der Waals surface area contributed by atoms with Gasteiger partial charge in [0.25, 0.3) is 5.56 Å². The Morgan fingerprint density at radius 3 is 2.83 bits per heavy atom. The van der Waals surface area contributed by atoms with Crippen LogP contribution in [0.5, 0.6) is 0 Å². The molecule has 1 aliphatic carbocycles. The molecule has 5 rings (SSSR count). The number of aromatic nitrogens is 3. The first-order valence-electron chi connectivity index (χ1n) is 9.92. The number of hydrogen-bond donors (Lipinski definition) is 0. The average molecular weight is 424 g/mol. The van der Waals surface area contributed by atoms with Crippen LogP contribution in [0.4, 0.5) is 0 Å². The highest BCUT2D eigenvalue weighted by atomic mass is 32.2. The summed E-state index contributed by atoms with van der Waals surface area (Å²) in [5.41, 5.74) is 3.15. The summed E-state index contributed by atoms with van der Waals surface area (Å²) >= 11 is 3.24. The molecule has 0 fully saturated rings. The normalized spacial score (nSPS) is 13.7. The van der Waals surface area contributed by atoms with Gasteiger partial charge in [0.15, 0.2) is 5.16 Å². The summed E-state index contributed by atoms with van der Waals surface area (Å²) in [5.74, 6) is 1.22. The monoisotopic (exact) mass is 423 g/mol. The molecule has 148 valence electrons. The quantitative estimate of drug-likeness (QED) is 0.322. The molecule has 0 atom stereocenters. The van der Waals surface area contributed by atoms with Gasteiger partial charge in [-0.3, -0.25) is 9.36 Å². The van der Waals surface area contributed by atoms with Gasteiger partial charge in [0.1, 0.15) is 11.1 Å². The first kappa shape index (κ1) is 18.6. The molecule has 0 N–H and O–H groups in total. The summed E-state index contributed by atoms with van der Waals surface area (Å²) in [6.45, 7) is 2.62. The van der Waals surface area contributed by atoms with Crippen molar-refractivity contribution in [1.29, 1.82) is 0 Å². The Balaban J connectivity index is 1.45. The number of benzene rings is 1. The number of thiophene rings is 1. The van der Waals surface area contributed by atoms with Crippen LogP contribution in [0.1, 0.15) is 35.9 Å². The van der Waals surface area contributed by atoms with E-state index in [-0.39, 0.29) is 5.56 Å². The van der Waals surface area contributed by atoms with E-state index in [0.29, 0.717) is 18.2 Å². The van der Waals surface area contributed by atoms with Crippen molar-refractivity contribution < 1.29 is 4.42 Å². The fourth-order valence-electron chi connectivity index (χ4n) is 3.83. The summed E-state index contributed by atoms with van der Waals surface area (Å²) in [7, 11) is 0. The molecule has 5 nitrogen and oxygen atoms in total. The fourth-order valence-corrected chi connectivity index (χ4v) is 6.08. The molecular formula is C22H21N3O2S2. The lowest BCUT2D eigenvalue weighted by atomic mass is 9.97. The first-order chi connectivity index (χ1) is 14.2. The summed E-state index contributed by atoms with van der Waals surface area (Å²) in [4.78, 5) is 24.9. The minimum Gasteiger partial charge on any atom is -0.444 e. The number of nitrogens with zero attached hydrogens (tertiary/aromatic N) is 3. The van der Waals surface area contributed by atoms with Gasteiger partial charge in [0, 0.05) is 22.7 Å².